The average Bonchev–Trinajstić information content (AvgIpc) is 3.03. The predicted molar refractivity (Wildman–Crippen MR) is 94.3 cm³/mol. The largest absolute Gasteiger partial charge is 0.497 e. The van der Waals surface area contributed by atoms with Gasteiger partial charge in [-0.05, 0) is 51.1 Å². The number of hydrogen-bond donors (Lipinski definition) is 0. The number of nitrogens with zero attached hydrogens (tertiary/aromatic N) is 1. The Kier molecular flexibility index (Phi) is 5.68. The van der Waals surface area contributed by atoms with E-state index in [-0.39, 0.29) is 0 Å². The van der Waals surface area contributed by atoms with Crippen LogP contribution < -0.4 is 9.64 Å². The van der Waals surface area contributed by atoms with E-state index in [1.165, 1.54) is 0 Å². The lowest BCUT2D eigenvalue weighted by Crippen LogP contribution is -2.37. The molecule has 1 aromatic carbocycles. The first-order chi connectivity index (χ1) is 11.4. The Bertz CT molecular complexity index is 666. The molecule has 2 aromatic rings. The van der Waals surface area contributed by atoms with Gasteiger partial charge in [-0.1, -0.05) is 12.2 Å². The number of ether oxygens (including phenoxy) is 2. The third-order valence-electron chi connectivity index (χ3n) is 3.14. The smallest absolute Gasteiger partial charge is 0.415 e. The minimum atomic E-state index is -0.559. The van der Waals surface area contributed by atoms with Crippen molar-refractivity contribution < 1.29 is 18.7 Å². The summed E-state index contributed by atoms with van der Waals surface area (Å²) in [4.78, 5) is 14.1. The molecule has 0 fully saturated rings. The molecule has 0 N–H and O–H groups in total. The molecular formula is C19H23NO4. The fraction of sp³-hybridized carbons (Fsp3) is 0.316. The summed E-state index contributed by atoms with van der Waals surface area (Å²) >= 11 is 0. The maximum absolute atomic E-state index is 12.5. The number of rotatable bonds is 5. The van der Waals surface area contributed by atoms with Crippen LogP contribution in [-0.4, -0.2) is 25.3 Å². The van der Waals surface area contributed by atoms with Crippen molar-refractivity contribution >= 4 is 17.9 Å². The monoisotopic (exact) mass is 329 g/mol. The van der Waals surface area contributed by atoms with Gasteiger partial charge in [-0.3, -0.25) is 4.90 Å². The summed E-state index contributed by atoms with van der Waals surface area (Å²) in [6.45, 7) is 5.92. The van der Waals surface area contributed by atoms with Gasteiger partial charge in [-0.25, -0.2) is 4.79 Å². The summed E-state index contributed by atoms with van der Waals surface area (Å²) in [5, 5.41) is 0. The second-order valence-corrected chi connectivity index (χ2v) is 6.25. The van der Waals surface area contributed by atoms with Gasteiger partial charge < -0.3 is 13.9 Å². The number of furan rings is 1. The van der Waals surface area contributed by atoms with Gasteiger partial charge in [-0.15, -0.1) is 0 Å². The van der Waals surface area contributed by atoms with Crippen molar-refractivity contribution in [2.45, 2.75) is 26.4 Å². The lowest BCUT2D eigenvalue weighted by molar-refractivity contribution is 0.0584. The lowest BCUT2D eigenvalue weighted by Gasteiger charge is -2.26. The van der Waals surface area contributed by atoms with Crippen LogP contribution in [0.15, 0.2) is 53.4 Å². The molecule has 0 bridgehead atoms. The fourth-order valence-electron chi connectivity index (χ4n) is 2.03. The Labute approximate surface area is 142 Å². The molecule has 1 heterocycles. The minimum absolute atomic E-state index is 0.381. The number of benzene rings is 1. The van der Waals surface area contributed by atoms with Gasteiger partial charge in [0.25, 0.3) is 0 Å². The van der Waals surface area contributed by atoms with E-state index in [9.17, 15) is 4.79 Å². The van der Waals surface area contributed by atoms with Gasteiger partial charge in [0.05, 0.1) is 19.6 Å². The normalized spacial score (nSPS) is 11.5. The van der Waals surface area contributed by atoms with Crippen LogP contribution >= 0.6 is 0 Å². The lowest BCUT2D eigenvalue weighted by atomic mass is 10.2. The molecule has 0 aliphatic heterocycles. The molecule has 2 rings (SSSR count). The number of amides is 1. The quantitative estimate of drug-likeness (QED) is 0.795. The molecule has 1 amide bonds. The molecule has 5 nitrogen and oxygen atoms in total. The van der Waals surface area contributed by atoms with Crippen molar-refractivity contribution in [1.29, 1.82) is 0 Å². The molecular weight excluding hydrogens is 306 g/mol. The highest BCUT2D eigenvalue weighted by Crippen LogP contribution is 2.22. The zero-order chi connectivity index (χ0) is 17.6. The number of methoxy groups -OCH3 is 1. The second-order valence-electron chi connectivity index (χ2n) is 6.25. The number of anilines is 1. The maximum atomic E-state index is 12.5. The van der Waals surface area contributed by atoms with Crippen molar-refractivity contribution in [3.05, 3.63) is 54.5 Å². The van der Waals surface area contributed by atoms with Crippen molar-refractivity contribution in [2.24, 2.45) is 0 Å². The highest BCUT2D eigenvalue weighted by molar-refractivity contribution is 5.88. The molecule has 0 saturated heterocycles. The van der Waals surface area contributed by atoms with Crippen molar-refractivity contribution in [2.75, 3.05) is 18.6 Å². The summed E-state index contributed by atoms with van der Waals surface area (Å²) in [5.41, 5.74) is 1.12. The molecule has 24 heavy (non-hydrogen) atoms. The van der Waals surface area contributed by atoms with E-state index < -0.39 is 11.7 Å². The third-order valence-corrected chi connectivity index (χ3v) is 3.14. The first-order valence-electron chi connectivity index (χ1n) is 7.72. The van der Waals surface area contributed by atoms with E-state index in [2.05, 4.69) is 0 Å². The zero-order valence-corrected chi connectivity index (χ0v) is 14.5. The van der Waals surface area contributed by atoms with Crippen LogP contribution in [0.2, 0.25) is 0 Å². The molecule has 0 unspecified atom stereocenters. The van der Waals surface area contributed by atoms with Crippen LogP contribution in [0.4, 0.5) is 10.5 Å². The maximum Gasteiger partial charge on any atom is 0.415 e. The molecule has 0 aliphatic carbocycles. The van der Waals surface area contributed by atoms with Gasteiger partial charge in [-0.2, -0.15) is 0 Å². The second kappa shape index (κ2) is 7.73. The molecule has 128 valence electrons. The Hall–Kier alpha value is -2.69. The molecule has 0 aliphatic rings. The van der Waals surface area contributed by atoms with Crippen LogP contribution in [-0.2, 0) is 4.74 Å². The Balaban J connectivity index is 2.17. The van der Waals surface area contributed by atoms with Gasteiger partial charge in [0.15, 0.2) is 0 Å². The fourth-order valence-corrected chi connectivity index (χ4v) is 2.03. The van der Waals surface area contributed by atoms with Crippen LogP contribution in [0.5, 0.6) is 5.75 Å². The third kappa shape index (κ3) is 5.19. The van der Waals surface area contributed by atoms with Gasteiger partial charge >= 0.3 is 6.09 Å². The first kappa shape index (κ1) is 17.7. The van der Waals surface area contributed by atoms with Crippen molar-refractivity contribution in [3.63, 3.8) is 0 Å². The summed E-state index contributed by atoms with van der Waals surface area (Å²) < 4.78 is 15.7. The highest BCUT2D eigenvalue weighted by Gasteiger charge is 2.22. The van der Waals surface area contributed by atoms with E-state index in [0.29, 0.717) is 6.54 Å². The van der Waals surface area contributed by atoms with E-state index >= 15 is 0 Å². The Morgan fingerprint density at radius 3 is 2.46 bits per heavy atom. The van der Waals surface area contributed by atoms with E-state index in [1.54, 1.807) is 24.5 Å². The highest BCUT2D eigenvalue weighted by atomic mass is 16.6. The van der Waals surface area contributed by atoms with Crippen molar-refractivity contribution in [3.8, 4) is 5.75 Å². The predicted octanol–water partition coefficient (Wildman–Crippen LogP) is 4.74. The zero-order valence-electron chi connectivity index (χ0n) is 14.5. The number of hydrogen-bond acceptors (Lipinski definition) is 4. The topological polar surface area (TPSA) is 51.9 Å². The van der Waals surface area contributed by atoms with Crippen LogP contribution in [0.25, 0.3) is 6.08 Å². The summed E-state index contributed by atoms with van der Waals surface area (Å²) in [5.74, 6) is 0.733. The van der Waals surface area contributed by atoms with Gasteiger partial charge in [0.2, 0.25) is 0 Å². The van der Waals surface area contributed by atoms with E-state index in [1.807, 2.05) is 63.3 Å². The molecule has 0 atom stereocenters. The van der Waals surface area contributed by atoms with Gasteiger partial charge in [0, 0.05) is 17.8 Å². The Morgan fingerprint density at radius 2 is 1.92 bits per heavy atom. The SMILES string of the molecule is COc1ccc(N(C/C=C/c2ccoc2)C(=O)OC(C)(C)C)cc1. The molecule has 1 aromatic heterocycles. The van der Waals surface area contributed by atoms with E-state index in [4.69, 9.17) is 13.9 Å². The van der Waals surface area contributed by atoms with Crippen LogP contribution in [0, 0.1) is 0 Å². The summed E-state index contributed by atoms with van der Waals surface area (Å²) in [6, 6.07) is 9.13. The molecule has 0 radical (unpaired) electrons. The number of carbonyl (C=O) groups excluding carboxylic acids is 1. The molecule has 0 spiro atoms. The minimum Gasteiger partial charge on any atom is -0.497 e. The Morgan fingerprint density at radius 1 is 1.21 bits per heavy atom. The molecule has 5 heteroatoms. The number of carbonyl (C=O) groups is 1. The van der Waals surface area contributed by atoms with Crippen molar-refractivity contribution in [1.82, 2.24) is 0 Å². The van der Waals surface area contributed by atoms with Crippen LogP contribution in [0.1, 0.15) is 26.3 Å². The average molecular weight is 329 g/mol. The van der Waals surface area contributed by atoms with E-state index in [0.717, 1.165) is 17.0 Å². The molecule has 0 saturated carbocycles. The van der Waals surface area contributed by atoms with Gasteiger partial charge in [0.1, 0.15) is 11.4 Å². The first-order valence-corrected chi connectivity index (χ1v) is 7.72. The standard InChI is InChI=1S/C19H23NO4/c1-19(2,3)24-18(21)20(12-5-6-15-11-13-23-14-15)16-7-9-17(22-4)10-8-16/h5-11,13-14H,12H2,1-4H3/b6-5+. The van der Waals surface area contributed by atoms with Crippen LogP contribution in [0.3, 0.4) is 0 Å². The summed E-state index contributed by atoms with van der Waals surface area (Å²) in [7, 11) is 1.61. The summed E-state index contributed by atoms with van der Waals surface area (Å²) in [6.07, 6.45) is 6.63.